The average molecular weight is 445 g/mol. The van der Waals surface area contributed by atoms with Gasteiger partial charge in [0.05, 0.1) is 24.1 Å². The molecule has 1 unspecified atom stereocenters. The van der Waals surface area contributed by atoms with E-state index in [2.05, 4.69) is 42.3 Å². The monoisotopic (exact) mass is 444 g/mol. The van der Waals surface area contributed by atoms with E-state index in [1.54, 1.807) is 11.1 Å². The van der Waals surface area contributed by atoms with Gasteiger partial charge < -0.3 is 15.0 Å². The minimum atomic E-state index is -0.577. The van der Waals surface area contributed by atoms with Crippen LogP contribution in [-0.2, 0) is 9.53 Å². The molecule has 9 heteroatoms. The lowest BCUT2D eigenvalue weighted by atomic mass is 9.99. The molecule has 1 aliphatic rings. The summed E-state index contributed by atoms with van der Waals surface area (Å²) in [7, 11) is 0. The summed E-state index contributed by atoms with van der Waals surface area (Å²) in [4.78, 5) is 26.8. The van der Waals surface area contributed by atoms with E-state index >= 15 is 0 Å². The molecule has 2 aromatic heterocycles. The summed E-state index contributed by atoms with van der Waals surface area (Å²) in [5.74, 6) is -0.0883. The third kappa shape index (κ3) is 5.03. The predicted octanol–water partition coefficient (Wildman–Crippen LogP) is 2.26. The van der Waals surface area contributed by atoms with Crippen LogP contribution in [0, 0.1) is 18.3 Å². The first-order valence-electron chi connectivity index (χ1n) is 9.03. The van der Waals surface area contributed by atoms with Gasteiger partial charge in [0.2, 0.25) is 11.9 Å². The van der Waals surface area contributed by atoms with Gasteiger partial charge in [0.25, 0.3) is 0 Å². The van der Waals surface area contributed by atoms with Crippen molar-refractivity contribution in [2.24, 2.45) is 0 Å². The highest BCUT2D eigenvalue weighted by Gasteiger charge is 2.20. The Morgan fingerprint density at radius 2 is 2.29 bits per heavy atom. The number of aryl methyl sites for hydroxylation is 1. The number of nitrogens with zero attached hydrogens (tertiary/aromatic N) is 5. The number of halogens is 1. The zero-order valence-electron chi connectivity index (χ0n) is 15.6. The molecule has 1 fully saturated rings. The molecular formula is C19H21BrN6O2. The molecule has 1 saturated heterocycles. The van der Waals surface area contributed by atoms with E-state index < -0.39 is 5.92 Å². The van der Waals surface area contributed by atoms with Crippen molar-refractivity contribution in [1.82, 2.24) is 19.9 Å². The topological polar surface area (TPSA) is 104 Å². The molecule has 0 aliphatic carbocycles. The summed E-state index contributed by atoms with van der Waals surface area (Å²) in [5.41, 5.74) is 2.10. The third-order valence-corrected chi connectivity index (χ3v) is 4.86. The molecule has 146 valence electrons. The van der Waals surface area contributed by atoms with Crippen molar-refractivity contribution >= 4 is 27.8 Å². The van der Waals surface area contributed by atoms with Crippen molar-refractivity contribution in [2.75, 3.05) is 38.2 Å². The lowest BCUT2D eigenvalue weighted by Crippen LogP contribution is -2.42. The van der Waals surface area contributed by atoms with Crippen LogP contribution in [0.2, 0.25) is 0 Å². The van der Waals surface area contributed by atoms with Crippen LogP contribution >= 0.6 is 15.9 Å². The van der Waals surface area contributed by atoms with E-state index in [1.165, 1.54) is 0 Å². The quantitative estimate of drug-likeness (QED) is 0.515. The zero-order chi connectivity index (χ0) is 19.9. The normalized spacial score (nSPS) is 15.2. The van der Waals surface area contributed by atoms with E-state index in [1.807, 2.05) is 25.1 Å². The number of aromatic nitrogens is 3. The van der Waals surface area contributed by atoms with E-state index in [4.69, 9.17) is 4.74 Å². The number of ether oxygens (including phenoxy) is 1. The fraction of sp³-hybridized carbons (Fsp3) is 0.421. The van der Waals surface area contributed by atoms with E-state index in [0.29, 0.717) is 48.2 Å². The van der Waals surface area contributed by atoms with Gasteiger partial charge in [-0.2, -0.15) is 5.26 Å². The van der Waals surface area contributed by atoms with Crippen molar-refractivity contribution in [3.8, 4) is 6.07 Å². The number of anilines is 1. The molecule has 1 atom stereocenters. The molecule has 0 bridgehead atoms. The molecule has 0 saturated carbocycles. The van der Waals surface area contributed by atoms with Crippen LogP contribution in [0.3, 0.4) is 0 Å². The molecule has 0 aromatic carbocycles. The molecule has 0 spiro atoms. The Morgan fingerprint density at radius 1 is 1.43 bits per heavy atom. The molecule has 3 heterocycles. The Morgan fingerprint density at radius 3 is 3.04 bits per heavy atom. The summed E-state index contributed by atoms with van der Waals surface area (Å²) in [6.07, 6.45) is 2.48. The lowest BCUT2D eigenvalue weighted by molar-refractivity contribution is -0.142. The fourth-order valence-electron chi connectivity index (χ4n) is 2.94. The van der Waals surface area contributed by atoms with Gasteiger partial charge in [-0.3, -0.25) is 4.79 Å². The highest BCUT2D eigenvalue weighted by Crippen LogP contribution is 2.25. The number of pyridine rings is 1. The molecule has 1 N–H and O–H groups in total. The second-order valence-electron chi connectivity index (χ2n) is 6.42. The highest BCUT2D eigenvalue weighted by atomic mass is 79.9. The number of hydrogen-bond donors (Lipinski definition) is 1. The summed E-state index contributed by atoms with van der Waals surface area (Å²) in [6, 6.07) is 7.76. The Bertz CT molecular complexity index is 885. The highest BCUT2D eigenvalue weighted by molar-refractivity contribution is 9.10. The Hall–Kier alpha value is -2.57. The standard InChI is InChI=1S/C19H21BrN6O2/c1-13-11-23-19(22-6-3-7-26-8-9-28-12-17(26)27)25-18(13)14(10-21)15-4-2-5-16(20)24-15/h2,4-5,11,14H,3,6-9,12H2,1H3,(H,22,23,25). The molecule has 1 aliphatic heterocycles. The number of amides is 1. The van der Waals surface area contributed by atoms with E-state index in [9.17, 15) is 10.1 Å². The molecule has 3 rings (SSSR count). The van der Waals surface area contributed by atoms with Crippen LogP contribution < -0.4 is 5.32 Å². The van der Waals surface area contributed by atoms with E-state index in [0.717, 1.165) is 12.0 Å². The largest absolute Gasteiger partial charge is 0.370 e. The average Bonchev–Trinajstić information content (AvgIpc) is 2.69. The second kappa shape index (κ2) is 9.57. The maximum absolute atomic E-state index is 11.7. The SMILES string of the molecule is Cc1cnc(NCCCN2CCOCC2=O)nc1C(C#N)c1cccc(Br)n1. The number of nitriles is 1. The van der Waals surface area contributed by atoms with Crippen molar-refractivity contribution in [3.05, 3.63) is 46.0 Å². The summed E-state index contributed by atoms with van der Waals surface area (Å²) in [5, 5.41) is 12.9. The van der Waals surface area contributed by atoms with Gasteiger partial charge in [0, 0.05) is 25.8 Å². The van der Waals surface area contributed by atoms with Crippen molar-refractivity contribution in [2.45, 2.75) is 19.3 Å². The van der Waals surface area contributed by atoms with Crippen molar-refractivity contribution in [1.29, 1.82) is 5.26 Å². The van der Waals surface area contributed by atoms with Gasteiger partial charge in [0.15, 0.2) is 0 Å². The minimum Gasteiger partial charge on any atom is -0.370 e. The molecule has 28 heavy (non-hydrogen) atoms. The van der Waals surface area contributed by atoms with Crippen LogP contribution in [0.25, 0.3) is 0 Å². The number of morpholine rings is 1. The van der Waals surface area contributed by atoms with Crippen LogP contribution in [0.5, 0.6) is 0 Å². The number of carbonyl (C=O) groups excluding carboxylic acids is 1. The van der Waals surface area contributed by atoms with Crippen LogP contribution in [0.4, 0.5) is 5.95 Å². The minimum absolute atomic E-state index is 0.0264. The lowest BCUT2D eigenvalue weighted by Gasteiger charge is -2.26. The van der Waals surface area contributed by atoms with Gasteiger partial charge in [-0.25, -0.2) is 15.0 Å². The fourth-order valence-corrected chi connectivity index (χ4v) is 3.30. The molecule has 0 radical (unpaired) electrons. The molecular weight excluding hydrogens is 424 g/mol. The van der Waals surface area contributed by atoms with Crippen LogP contribution in [-0.4, -0.2) is 58.6 Å². The Kier molecular flexibility index (Phi) is 6.90. The second-order valence-corrected chi connectivity index (χ2v) is 7.24. The summed E-state index contributed by atoms with van der Waals surface area (Å²) in [6.45, 7) is 4.55. The van der Waals surface area contributed by atoms with E-state index in [-0.39, 0.29) is 12.5 Å². The van der Waals surface area contributed by atoms with Gasteiger partial charge in [-0.15, -0.1) is 0 Å². The van der Waals surface area contributed by atoms with Gasteiger partial charge >= 0.3 is 0 Å². The van der Waals surface area contributed by atoms with Crippen molar-refractivity contribution in [3.63, 3.8) is 0 Å². The Balaban J connectivity index is 1.64. The first kappa shape index (κ1) is 20.2. The maximum atomic E-state index is 11.7. The molecule has 2 aromatic rings. The zero-order valence-corrected chi connectivity index (χ0v) is 17.1. The van der Waals surface area contributed by atoms with Crippen LogP contribution in [0.15, 0.2) is 29.0 Å². The van der Waals surface area contributed by atoms with Gasteiger partial charge in [0.1, 0.15) is 17.1 Å². The maximum Gasteiger partial charge on any atom is 0.248 e. The summed E-state index contributed by atoms with van der Waals surface area (Å²) >= 11 is 3.34. The van der Waals surface area contributed by atoms with Gasteiger partial charge in [-0.05, 0) is 47.0 Å². The molecule has 1 amide bonds. The first-order chi connectivity index (χ1) is 13.6. The Labute approximate surface area is 172 Å². The number of nitrogens with one attached hydrogen (secondary N) is 1. The third-order valence-electron chi connectivity index (χ3n) is 4.42. The first-order valence-corrected chi connectivity index (χ1v) is 9.83. The van der Waals surface area contributed by atoms with Crippen molar-refractivity contribution < 1.29 is 9.53 Å². The molecule has 8 nitrogen and oxygen atoms in total. The number of hydrogen-bond acceptors (Lipinski definition) is 7. The predicted molar refractivity (Wildman–Crippen MR) is 107 cm³/mol. The van der Waals surface area contributed by atoms with Crippen LogP contribution in [0.1, 0.15) is 29.3 Å². The smallest absolute Gasteiger partial charge is 0.248 e. The van der Waals surface area contributed by atoms with Gasteiger partial charge in [-0.1, -0.05) is 6.07 Å². The number of carbonyl (C=O) groups is 1. The summed E-state index contributed by atoms with van der Waals surface area (Å²) < 4.78 is 5.80. The number of rotatable bonds is 7.